The Labute approximate surface area is 346 Å². The van der Waals surface area contributed by atoms with E-state index >= 15 is 0 Å². The summed E-state index contributed by atoms with van der Waals surface area (Å²) in [5.41, 5.74) is 18.0. The minimum absolute atomic E-state index is 0.0850. The summed E-state index contributed by atoms with van der Waals surface area (Å²) in [6.45, 7) is 6.01. The molecule has 0 spiro atoms. The highest BCUT2D eigenvalue weighted by Gasteiger charge is 2.32. The largest absolute Gasteiger partial charge is 0.370 e. The van der Waals surface area contributed by atoms with Gasteiger partial charge in [0, 0.05) is 25.8 Å². The van der Waals surface area contributed by atoms with Crippen LogP contribution in [0.3, 0.4) is 0 Å². The first-order valence-corrected chi connectivity index (χ1v) is 21.5. The highest BCUT2D eigenvalue weighted by atomic mass is 16.2. The number of guanidine groups is 1. The molecular formula is C45H72N8O5. The average molecular weight is 805 g/mol. The smallest absolute Gasteiger partial charge is 0.243 e. The molecule has 0 unspecified atom stereocenters. The maximum absolute atomic E-state index is 14.1. The van der Waals surface area contributed by atoms with Gasteiger partial charge in [0.15, 0.2) is 5.96 Å². The van der Waals surface area contributed by atoms with E-state index in [1.165, 1.54) is 57.8 Å². The summed E-state index contributed by atoms with van der Waals surface area (Å²) in [5.74, 6) is -3.13. The standard InChI is InChI=1S/C45H72N8O5/c1-4-5-6-7-8-9-10-11-12-13-14-15-22-29-39(54)50-37(31-34-24-18-16-19-25-34)42(56)52-38(32-35-26-20-17-21-27-35)43(57)53-40(33(2)3)44(58)51-36(41(46)55)28-23-30-49-45(47)48/h16-21,24-27,33,36-38,40H,4-15,22-23,28-32H2,1-3H3,(H2,46,55)(H,50,54)(H,51,58)(H,52,56)(H,53,57)(H4,47,48,49)/t36-,37-,38-,40-/m0/s1. The molecule has 322 valence electrons. The normalized spacial score (nSPS) is 13.1. The van der Waals surface area contributed by atoms with Gasteiger partial charge in [0.2, 0.25) is 29.5 Å². The molecule has 0 saturated carbocycles. The SMILES string of the molecule is CCCCCCCCCCCCCCCC(=O)N[C@@H](Cc1ccccc1)C(=O)N[C@@H](Cc1ccccc1)C(=O)N[C@H](C(=O)N[C@@H](CCCN=C(N)N)C(N)=O)C(C)C. The molecule has 10 N–H and O–H groups in total. The molecule has 0 saturated heterocycles. The van der Waals surface area contributed by atoms with E-state index in [2.05, 4.69) is 33.2 Å². The van der Waals surface area contributed by atoms with Gasteiger partial charge >= 0.3 is 0 Å². The van der Waals surface area contributed by atoms with Crippen LogP contribution in [-0.4, -0.2) is 66.2 Å². The Kier molecular flexibility index (Phi) is 24.9. The fourth-order valence-electron chi connectivity index (χ4n) is 6.80. The maximum atomic E-state index is 14.1. The van der Waals surface area contributed by atoms with Crippen molar-refractivity contribution >= 4 is 35.5 Å². The van der Waals surface area contributed by atoms with Crippen LogP contribution in [0, 0.1) is 5.92 Å². The van der Waals surface area contributed by atoms with E-state index in [1.807, 2.05) is 60.7 Å². The number of unbranched alkanes of at least 4 members (excludes halogenated alkanes) is 12. The van der Waals surface area contributed by atoms with Crippen LogP contribution in [0.4, 0.5) is 0 Å². The van der Waals surface area contributed by atoms with Crippen LogP contribution in [0.5, 0.6) is 0 Å². The Morgan fingerprint density at radius 3 is 1.47 bits per heavy atom. The van der Waals surface area contributed by atoms with E-state index in [1.54, 1.807) is 13.8 Å². The summed E-state index contributed by atoms with van der Waals surface area (Å²) in [6, 6.07) is 14.5. The minimum atomic E-state index is -1.09. The first-order chi connectivity index (χ1) is 27.9. The number of nitrogens with one attached hydrogen (secondary N) is 4. The Hall–Kier alpha value is -4.94. The van der Waals surface area contributed by atoms with Crippen molar-refractivity contribution in [3.05, 3.63) is 71.8 Å². The predicted molar refractivity (Wildman–Crippen MR) is 232 cm³/mol. The first-order valence-electron chi connectivity index (χ1n) is 21.5. The minimum Gasteiger partial charge on any atom is -0.370 e. The number of carbonyl (C=O) groups is 5. The number of primary amides is 1. The highest BCUT2D eigenvalue weighted by molar-refractivity contribution is 5.95. The molecule has 0 aliphatic rings. The second-order valence-corrected chi connectivity index (χ2v) is 15.7. The van der Waals surface area contributed by atoms with Gasteiger partial charge in [0.1, 0.15) is 24.2 Å². The zero-order chi connectivity index (χ0) is 42.5. The second kappa shape index (κ2) is 29.3. The molecule has 2 rings (SSSR count). The predicted octanol–water partition coefficient (Wildman–Crippen LogP) is 5.09. The number of aliphatic imine (C=N–C) groups is 1. The van der Waals surface area contributed by atoms with E-state index in [9.17, 15) is 24.0 Å². The molecule has 2 aromatic carbocycles. The quantitative estimate of drug-likeness (QED) is 0.0310. The molecule has 0 bridgehead atoms. The molecule has 4 atom stereocenters. The number of nitrogens with two attached hydrogens (primary N) is 3. The van der Waals surface area contributed by atoms with Crippen molar-refractivity contribution < 1.29 is 24.0 Å². The third kappa shape index (κ3) is 21.5. The molecule has 13 heteroatoms. The fraction of sp³-hybridized carbons (Fsp3) is 0.600. The van der Waals surface area contributed by atoms with E-state index in [-0.39, 0.29) is 43.6 Å². The average Bonchev–Trinajstić information content (AvgIpc) is 3.19. The van der Waals surface area contributed by atoms with Crippen molar-refractivity contribution in [2.45, 2.75) is 161 Å². The molecule has 0 fully saturated rings. The van der Waals surface area contributed by atoms with Gasteiger partial charge in [-0.25, -0.2) is 0 Å². The number of nitrogens with zero attached hydrogens (tertiary/aromatic N) is 1. The summed E-state index contributed by atoms with van der Waals surface area (Å²) < 4.78 is 0. The van der Waals surface area contributed by atoms with Crippen LogP contribution in [0.15, 0.2) is 65.7 Å². The van der Waals surface area contributed by atoms with Crippen molar-refractivity contribution in [1.29, 1.82) is 0 Å². The number of benzene rings is 2. The summed E-state index contributed by atoms with van der Waals surface area (Å²) >= 11 is 0. The molecule has 0 heterocycles. The Bertz CT molecular complexity index is 1520. The monoisotopic (exact) mass is 805 g/mol. The zero-order valence-corrected chi connectivity index (χ0v) is 35.3. The lowest BCUT2D eigenvalue weighted by Gasteiger charge is -2.28. The fourth-order valence-corrected chi connectivity index (χ4v) is 6.80. The molecule has 0 radical (unpaired) electrons. The van der Waals surface area contributed by atoms with E-state index < -0.39 is 47.8 Å². The second-order valence-electron chi connectivity index (χ2n) is 15.7. The Morgan fingerprint density at radius 2 is 1.00 bits per heavy atom. The number of carbonyl (C=O) groups excluding carboxylic acids is 5. The van der Waals surface area contributed by atoms with E-state index in [0.717, 1.165) is 36.8 Å². The molecule has 0 aliphatic carbocycles. The van der Waals surface area contributed by atoms with E-state index in [4.69, 9.17) is 17.2 Å². The van der Waals surface area contributed by atoms with Crippen LogP contribution in [0.1, 0.15) is 135 Å². The van der Waals surface area contributed by atoms with Crippen LogP contribution < -0.4 is 38.5 Å². The lowest BCUT2D eigenvalue weighted by Crippen LogP contribution is -2.59. The van der Waals surface area contributed by atoms with Gasteiger partial charge in [-0.1, -0.05) is 158 Å². The summed E-state index contributed by atoms with van der Waals surface area (Å²) in [5, 5.41) is 11.3. The number of hydrogen-bond donors (Lipinski definition) is 7. The number of hydrogen-bond acceptors (Lipinski definition) is 6. The third-order valence-corrected chi connectivity index (χ3v) is 10.2. The van der Waals surface area contributed by atoms with Gasteiger partial charge in [0.05, 0.1) is 0 Å². The molecule has 5 amide bonds. The summed E-state index contributed by atoms with van der Waals surface area (Å²) in [6.07, 6.45) is 16.9. The lowest BCUT2D eigenvalue weighted by atomic mass is 9.99. The van der Waals surface area contributed by atoms with Crippen molar-refractivity contribution in [3.63, 3.8) is 0 Å². The molecule has 0 aromatic heterocycles. The number of amides is 5. The molecule has 0 aliphatic heterocycles. The van der Waals surface area contributed by atoms with Gasteiger partial charge in [-0.3, -0.25) is 29.0 Å². The molecule has 58 heavy (non-hydrogen) atoms. The van der Waals surface area contributed by atoms with Crippen molar-refractivity contribution in [3.8, 4) is 0 Å². The Balaban J connectivity index is 2.08. The van der Waals surface area contributed by atoms with Crippen molar-refractivity contribution in [2.24, 2.45) is 28.1 Å². The van der Waals surface area contributed by atoms with Crippen LogP contribution in [-0.2, 0) is 36.8 Å². The highest BCUT2D eigenvalue weighted by Crippen LogP contribution is 2.14. The Morgan fingerprint density at radius 1 is 0.552 bits per heavy atom. The molecule has 2 aromatic rings. The van der Waals surface area contributed by atoms with Gasteiger partial charge in [-0.05, 0) is 36.3 Å². The van der Waals surface area contributed by atoms with Gasteiger partial charge < -0.3 is 38.5 Å². The third-order valence-electron chi connectivity index (χ3n) is 10.2. The first kappa shape index (κ1) is 49.2. The van der Waals surface area contributed by atoms with Crippen LogP contribution in [0.2, 0.25) is 0 Å². The zero-order valence-electron chi connectivity index (χ0n) is 35.3. The number of rotatable bonds is 31. The van der Waals surface area contributed by atoms with Crippen LogP contribution in [0.25, 0.3) is 0 Å². The van der Waals surface area contributed by atoms with E-state index in [0.29, 0.717) is 12.8 Å². The molecule has 13 nitrogen and oxygen atoms in total. The maximum Gasteiger partial charge on any atom is 0.243 e. The lowest BCUT2D eigenvalue weighted by molar-refractivity contribution is -0.135. The van der Waals surface area contributed by atoms with Gasteiger partial charge in [-0.2, -0.15) is 0 Å². The molecular weight excluding hydrogens is 733 g/mol. The van der Waals surface area contributed by atoms with Crippen molar-refractivity contribution in [1.82, 2.24) is 21.3 Å². The summed E-state index contributed by atoms with van der Waals surface area (Å²) in [7, 11) is 0. The summed E-state index contributed by atoms with van der Waals surface area (Å²) in [4.78, 5) is 70.9. The van der Waals surface area contributed by atoms with Gasteiger partial charge in [0.25, 0.3) is 0 Å². The van der Waals surface area contributed by atoms with Crippen molar-refractivity contribution in [2.75, 3.05) is 6.54 Å². The topological polar surface area (TPSA) is 224 Å². The van der Waals surface area contributed by atoms with Gasteiger partial charge in [-0.15, -0.1) is 0 Å². The van der Waals surface area contributed by atoms with Crippen LogP contribution >= 0.6 is 0 Å².